The molecule has 1 amide bonds. The third kappa shape index (κ3) is 3.67. The number of rotatable bonds is 4. The molecule has 1 aliphatic heterocycles. The molecule has 7 heteroatoms. The molecule has 1 aromatic heterocycles. The summed E-state index contributed by atoms with van der Waals surface area (Å²) in [5.41, 5.74) is 2.09. The van der Waals surface area contributed by atoms with Gasteiger partial charge in [-0.3, -0.25) is 9.89 Å². The third-order valence-electron chi connectivity index (χ3n) is 4.68. The van der Waals surface area contributed by atoms with E-state index in [2.05, 4.69) is 20.4 Å². The van der Waals surface area contributed by atoms with E-state index in [1.54, 1.807) is 0 Å². The van der Waals surface area contributed by atoms with Gasteiger partial charge in [0.2, 0.25) is 0 Å². The van der Waals surface area contributed by atoms with Gasteiger partial charge in [-0.05, 0) is 30.2 Å². The van der Waals surface area contributed by atoms with Crippen LogP contribution in [0.3, 0.4) is 0 Å². The summed E-state index contributed by atoms with van der Waals surface area (Å²) in [6, 6.07) is 15.0. The standard InChI is InChI=1S/C20H18F2N4O/c21-16-7-6-14(10-17(16)22)20(27)23-15-8-9-26(12-15)19-11-18(24-25-19)13-4-2-1-3-5-13/h1-7,10-11,15H,8-9,12H2,(H,23,27)(H,24,25). The SMILES string of the molecule is O=C(NC1CCN(c2cc(-c3ccccc3)[nH]n2)C1)c1ccc(F)c(F)c1. The van der Waals surface area contributed by atoms with Gasteiger partial charge in [0, 0.05) is 30.8 Å². The van der Waals surface area contributed by atoms with E-state index in [0.29, 0.717) is 6.54 Å². The molecule has 0 spiro atoms. The molecule has 5 nitrogen and oxygen atoms in total. The van der Waals surface area contributed by atoms with Crippen LogP contribution in [0.2, 0.25) is 0 Å². The molecular formula is C20H18F2N4O. The van der Waals surface area contributed by atoms with Crippen molar-refractivity contribution in [1.29, 1.82) is 0 Å². The number of carbonyl (C=O) groups is 1. The van der Waals surface area contributed by atoms with E-state index < -0.39 is 17.5 Å². The zero-order valence-corrected chi connectivity index (χ0v) is 14.5. The number of H-pyrrole nitrogens is 1. The average molecular weight is 368 g/mol. The van der Waals surface area contributed by atoms with Gasteiger partial charge in [-0.15, -0.1) is 0 Å². The minimum absolute atomic E-state index is 0.0810. The number of anilines is 1. The first-order valence-electron chi connectivity index (χ1n) is 8.72. The highest BCUT2D eigenvalue weighted by Crippen LogP contribution is 2.24. The number of amides is 1. The van der Waals surface area contributed by atoms with Crippen LogP contribution in [0, 0.1) is 11.6 Å². The minimum Gasteiger partial charge on any atom is -0.353 e. The van der Waals surface area contributed by atoms with E-state index in [-0.39, 0.29) is 11.6 Å². The maximum absolute atomic E-state index is 13.3. The first kappa shape index (κ1) is 17.2. The van der Waals surface area contributed by atoms with Gasteiger partial charge < -0.3 is 10.2 Å². The number of carbonyl (C=O) groups excluding carboxylic acids is 1. The van der Waals surface area contributed by atoms with Crippen LogP contribution in [0.4, 0.5) is 14.6 Å². The van der Waals surface area contributed by atoms with Crippen molar-refractivity contribution >= 4 is 11.7 Å². The number of hydrogen-bond acceptors (Lipinski definition) is 3. The van der Waals surface area contributed by atoms with Crippen LogP contribution in [0.1, 0.15) is 16.8 Å². The van der Waals surface area contributed by atoms with Crippen LogP contribution in [0.15, 0.2) is 54.6 Å². The average Bonchev–Trinajstić information content (AvgIpc) is 3.34. The zero-order valence-electron chi connectivity index (χ0n) is 14.5. The lowest BCUT2D eigenvalue weighted by Gasteiger charge is -2.16. The fraction of sp³-hybridized carbons (Fsp3) is 0.200. The number of nitrogens with one attached hydrogen (secondary N) is 2. The fourth-order valence-corrected chi connectivity index (χ4v) is 3.23. The van der Waals surface area contributed by atoms with Gasteiger partial charge in [-0.2, -0.15) is 5.10 Å². The summed E-state index contributed by atoms with van der Waals surface area (Å²) in [5, 5.41) is 10.3. The Morgan fingerprint density at radius 1 is 1.11 bits per heavy atom. The molecule has 0 radical (unpaired) electrons. The Morgan fingerprint density at radius 2 is 1.93 bits per heavy atom. The Morgan fingerprint density at radius 3 is 2.70 bits per heavy atom. The van der Waals surface area contributed by atoms with E-state index >= 15 is 0 Å². The molecule has 0 saturated carbocycles. The second kappa shape index (κ2) is 7.19. The number of nitrogens with zero attached hydrogens (tertiary/aromatic N) is 2. The van der Waals surface area contributed by atoms with Crippen molar-refractivity contribution in [3.05, 3.63) is 71.8 Å². The summed E-state index contributed by atoms with van der Waals surface area (Å²) in [5.74, 6) is -1.59. The van der Waals surface area contributed by atoms with Crippen LogP contribution in [-0.2, 0) is 0 Å². The molecule has 1 aliphatic rings. The Hall–Kier alpha value is -3.22. The molecule has 2 heterocycles. The van der Waals surface area contributed by atoms with Crippen molar-refractivity contribution < 1.29 is 13.6 Å². The second-order valence-corrected chi connectivity index (χ2v) is 6.54. The molecule has 138 valence electrons. The lowest BCUT2D eigenvalue weighted by Crippen LogP contribution is -2.37. The van der Waals surface area contributed by atoms with E-state index in [0.717, 1.165) is 42.2 Å². The van der Waals surface area contributed by atoms with Crippen molar-refractivity contribution in [1.82, 2.24) is 15.5 Å². The maximum atomic E-state index is 13.3. The van der Waals surface area contributed by atoms with Crippen molar-refractivity contribution in [3.63, 3.8) is 0 Å². The van der Waals surface area contributed by atoms with E-state index in [1.807, 2.05) is 36.4 Å². The zero-order chi connectivity index (χ0) is 18.8. The summed E-state index contributed by atoms with van der Waals surface area (Å²) in [6.45, 7) is 1.36. The van der Waals surface area contributed by atoms with Crippen LogP contribution >= 0.6 is 0 Å². The Bertz CT molecular complexity index is 958. The molecule has 0 aliphatic carbocycles. The molecule has 1 fully saturated rings. The Kier molecular flexibility index (Phi) is 4.58. The van der Waals surface area contributed by atoms with Gasteiger partial charge in [0.25, 0.3) is 5.91 Å². The number of aromatic amines is 1. The van der Waals surface area contributed by atoms with Gasteiger partial charge >= 0.3 is 0 Å². The number of aromatic nitrogens is 2. The Balaban J connectivity index is 1.39. The summed E-state index contributed by atoms with van der Waals surface area (Å²) in [7, 11) is 0. The molecule has 3 aromatic rings. The molecule has 2 N–H and O–H groups in total. The third-order valence-corrected chi connectivity index (χ3v) is 4.68. The number of benzene rings is 2. The van der Waals surface area contributed by atoms with Gasteiger partial charge in [0.05, 0.1) is 5.69 Å². The first-order valence-corrected chi connectivity index (χ1v) is 8.72. The highest BCUT2D eigenvalue weighted by molar-refractivity contribution is 5.94. The normalized spacial score (nSPS) is 16.5. The molecule has 2 aromatic carbocycles. The van der Waals surface area contributed by atoms with Gasteiger partial charge in [0.15, 0.2) is 17.5 Å². The number of halogens is 2. The molecule has 1 unspecified atom stereocenters. The lowest BCUT2D eigenvalue weighted by molar-refractivity contribution is 0.0940. The molecule has 0 bridgehead atoms. The van der Waals surface area contributed by atoms with Crippen molar-refractivity contribution in [2.45, 2.75) is 12.5 Å². The van der Waals surface area contributed by atoms with Crippen LogP contribution in [-0.4, -0.2) is 35.2 Å². The summed E-state index contributed by atoms with van der Waals surface area (Å²) >= 11 is 0. The van der Waals surface area contributed by atoms with Crippen molar-refractivity contribution in [3.8, 4) is 11.3 Å². The topological polar surface area (TPSA) is 61.0 Å². The molecule has 27 heavy (non-hydrogen) atoms. The van der Waals surface area contributed by atoms with Gasteiger partial charge in [-0.25, -0.2) is 8.78 Å². The molecule has 4 rings (SSSR count). The summed E-state index contributed by atoms with van der Waals surface area (Å²) < 4.78 is 26.3. The predicted molar refractivity (Wildman–Crippen MR) is 98.5 cm³/mol. The highest BCUT2D eigenvalue weighted by Gasteiger charge is 2.26. The summed E-state index contributed by atoms with van der Waals surface area (Å²) in [4.78, 5) is 14.3. The van der Waals surface area contributed by atoms with E-state index in [1.165, 1.54) is 6.07 Å². The number of hydrogen-bond donors (Lipinski definition) is 2. The largest absolute Gasteiger partial charge is 0.353 e. The van der Waals surface area contributed by atoms with Crippen LogP contribution in [0.25, 0.3) is 11.3 Å². The molecule has 1 atom stereocenters. The van der Waals surface area contributed by atoms with Crippen molar-refractivity contribution in [2.75, 3.05) is 18.0 Å². The first-order chi connectivity index (χ1) is 13.1. The van der Waals surface area contributed by atoms with Gasteiger partial charge in [-0.1, -0.05) is 30.3 Å². The smallest absolute Gasteiger partial charge is 0.251 e. The van der Waals surface area contributed by atoms with Gasteiger partial charge in [0.1, 0.15) is 0 Å². The summed E-state index contributed by atoms with van der Waals surface area (Å²) in [6.07, 6.45) is 0.753. The Labute approximate surface area is 155 Å². The van der Waals surface area contributed by atoms with E-state index in [9.17, 15) is 13.6 Å². The maximum Gasteiger partial charge on any atom is 0.251 e. The molecular weight excluding hydrogens is 350 g/mol. The van der Waals surface area contributed by atoms with E-state index in [4.69, 9.17) is 0 Å². The quantitative estimate of drug-likeness (QED) is 0.742. The van der Waals surface area contributed by atoms with Crippen molar-refractivity contribution in [2.24, 2.45) is 0 Å². The highest BCUT2D eigenvalue weighted by atomic mass is 19.2. The lowest BCUT2D eigenvalue weighted by atomic mass is 10.1. The predicted octanol–water partition coefficient (Wildman–Crippen LogP) is 3.36. The van der Waals surface area contributed by atoms with Crippen LogP contribution < -0.4 is 10.2 Å². The minimum atomic E-state index is -1.03. The molecule has 1 saturated heterocycles. The second-order valence-electron chi connectivity index (χ2n) is 6.54. The monoisotopic (exact) mass is 368 g/mol. The van der Waals surface area contributed by atoms with Crippen LogP contribution in [0.5, 0.6) is 0 Å². The fourth-order valence-electron chi connectivity index (χ4n) is 3.23.